The number of hydrogen-bond acceptors (Lipinski definition) is 4. The Morgan fingerprint density at radius 3 is 2.29 bits per heavy atom. The number of sulfonamides is 1. The van der Waals surface area contributed by atoms with E-state index >= 15 is 0 Å². The van der Waals surface area contributed by atoms with Crippen LogP contribution in [0.3, 0.4) is 0 Å². The van der Waals surface area contributed by atoms with Crippen LogP contribution in [0.4, 0.5) is 11.4 Å². The van der Waals surface area contributed by atoms with E-state index in [2.05, 4.69) is 10.0 Å². The summed E-state index contributed by atoms with van der Waals surface area (Å²) in [4.78, 5) is 27.4. The fourth-order valence-corrected chi connectivity index (χ4v) is 5.20. The number of carbonyl (C=O) groups excluding carboxylic acids is 2. The van der Waals surface area contributed by atoms with E-state index in [9.17, 15) is 18.0 Å². The SMILES string of the molecule is CCN(C(=O)c1ccc(NC(=O)Cc2ccc(S(=O)(=O)NC3CC3)cc2)cc1Cl)c1ccccc1. The number of anilines is 2. The molecule has 2 amide bonds. The number of hydrogen-bond donors (Lipinski definition) is 2. The van der Waals surface area contributed by atoms with Crippen LogP contribution in [0.15, 0.2) is 77.7 Å². The van der Waals surface area contributed by atoms with E-state index in [1.807, 2.05) is 37.3 Å². The van der Waals surface area contributed by atoms with Crippen LogP contribution in [0.5, 0.6) is 0 Å². The maximum atomic E-state index is 13.0. The third-order valence-electron chi connectivity index (χ3n) is 5.61. The first-order chi connectivity index (χ1) is 16.8. The molecule has 0 unspecified atom stereocenters. The molecule has 4 rings (SSSR count). The van der Waals surface area contributed by atoms with E-state index in [-0.39, 0.29) is 34.2 Å². The van der Waals surface area contributed by atoms with Crippen LogP contribution < -0.4 is 14.9 Å². The Morgan fingerprint density at radius 2 is 1.69 bits per heavy atom. The zero-order chi connectivity index (χ0) is 25.0. The topological polar surface area (TPSA) is 95.6 Å². The molecule has 1 aliphatic carbocycles. The standard InChI is InChI=1S/C26H26ClN3O4S/c1-2-30(21-6-4-3-5-7-21)26(32)23-15-12-20(17-24(23)27)28-25(31)16-18-8-13-22(14-9-18)35(33,34)29-19-10-11-19/h3-9,12-15,17,19,29H,2,10-11,16H2,1H3,(H,28,31). The molecule has 3 aromatic carbocycles. The van der Waals surface area contributed by atoms with Crippen molar-refractivity contribution in [3.05, 3.63) is 88.9 Å². The molecule has 0 atom stereocenters. The largest absolute Gasteiger partial charge is 0.326 e. The van der Waals surface area contributed by atoms with Crippen LogP contribution in [0.25, 0.3) is 0 Å². The molecule has 7 nitrogen and oxygen atoms in total. The van der Waals surface area contributed by atoms with Crippen molar-refractivity contribution in [2.24, 2.45) is 0 Å². The smallest absolute Gasteiger partial charge is 0.259 e. The summed E-state index contributed by atoms with van der Waals surface area (Å²) in [5, 5.41) is 3.01. The normalized spacial score (nSPS) is 13.3. The number of rotatable bonds is 9. The molecule has 3 aromatic rings. The zero-order valence-electron chi connectivity index (χ0n) is 19.2. The van der Waals surface area contributed by atoms with Crippen molar-refractivity contribution in [3.8, 4) is 0 Å². The first-order valence-corrected chi connectivity index (χ1v) is 13.2. The summed E-state index contributed by atoms with van der Waals surface area (Å²) in [6.45, 7) is 2.37. The summed E-state index contributed by atoms with van der Waals surface area (Å²) in [6, 6.07) is 20.4. The van der Waals surface area contributed by atoms with Crippen LogP contribution in [0.2, 0.25) is 5.02 Å². The minimum absolute atomic E-state index is 0.0299. The molecule has 0 aliphatic heterocycles. The van der Waals surface area contributed by atoms with Crippen molar-refractivity contribution in [3.63, 3.8) is 0 Å². The molecule has 2 N–H and O–H groups in total. The minimum atomic E-state index is -3.53. The monoisotopic (exact) mass is 511 g/mol. The summed E-state index contributed by atoms with van der Waals surface area (Å²) in [7, 11) is -3.53. The minimum Gasteiger partial charge on any atom is -0.326 e. The van der Waals surface area contributed by atoms with Crippen LogP contribution >= 0.6 is 11.6 Å². The maximum absolute atomic E-state index is 13.0. The lowest BCUT2D eigenvalue weighted by molar-refractivity contribution is -0.115. The molecule has 0 bridgehead atoms. The van der Waals surface area contributed by atoms with Crippen molar-refractivity contribution < 1.29 is 18.0 Å². The van der Waals surface area contributed by atoms with Gasteiger partial charge in [-0.2, -0.15) is 0 Å². The van der Waals surface area contributed by atoms with Crippen LogP contribution in [0, 0.1) is 0 Å². The van der Waals surface area contributed by atoms with Gasteiger partial charge in [0.15, 0.2) is 0 Å². The van der Waals surface area contributed by atoms with Gasteiger partial charge in [-0.05, 0) is 67.8 Å². The van der Waals surface area contributed by atoms with E-state index in [0.29, 0.717) is 23.4 Å². The van der Waals surface area contributed by atoms with Gasteiger partial charge in [0.25, 0.3) is 5.91 Å². The van der Waals surface area contributed by atoms with E-state index in [1.54, 1.807) is 35.2 Å². The third-order valence-corrected chi connectivity index (χ3v) is 7.46. The van der Waals surface area contributed by atoms with Gasteiger partial charge in [-0.25, -0.2) is 13.1 Å². The Bertz CT molecular complexity index is 1320. The number of para-hydroxylation sites is 1. The average molecular weight is 512 g/mol. The molecule has 0 heterocycles. The molecule has 9 heteroatoms. The number of halogens is 1. The second-order valence-electron chi connectivity index (χ2n) is 8.34. The van der Waals surface area contributed by atoms with Gasteiger partial charge in [0, 0.05) is 24.0 Å². The molecule has 35 heavy (non-hydrogen) atoms. The van der Waals surface area contributed by atoms with Gasteiger partial charge in [0.1, 0.15) is 0 Å². The molecule has 0 radical (unpaired) electrons. The van der Waals surface area contributed by atoms with Crippen molar-refractivity contribution in [1.29, 1.82) is 0 Å². The molecule has 1 aliphatic rings. The van der Waals surface area contributed by atoms with Crippen molar-refractivity contribution >= 4 is 44.8 Å². The first kappa shape index (κ1) is 24.9. The molecule has 182 valence electrons. The Balaban J connectivity index is 1.39. The summed E-state index contributed by atoms with van der Waals surface area (Å²) < 4.78 is 27.2. The van der Waals surface area contributed by atoms with Gasteiger partial charge in [0.05, 0.1) is 21.9 Å². The quantitative estimate of drug-likeness (QED) is 0.438. The number of nitrogens with zero attached hydrogens (tertiary/aromatic N) is 1. The Labute approximate surface area is 210 Å². The van der Waals surface area contributed by atoms with Crippen molar-refractivity contribution in [2.75, 3.05) is 16.8 Å². The van der Waals surface area contributed by atoms with Gasteiger partial charge in [-0.1, -0.05) is 41.9 Å². The molecule has 1 saturated carbocycles. The number of amides is 2. The first-order valence-electron chi connectivity index (χ1n) is 11.3. The van der Waals surface area contributed by atoms with Crippen LogP contribution in [0.1, 0.15) is 35.7 Å². The maximum Gasteiger partial charge on any atom is 0.259 e. The van der Waals surface area contributed by atoms with Crippen LogP contribution in [-0.2, 0) is 21.2 Å². The highest BCUT2D eigenvalue weighted by atomic mass is 35.5. The van der Waals surface area contributed by atoms with E-state index in [1.165, 1.54) is 12.1 Å². The summed E-state index contributed by atoms with van der Waals surface area (Å²) in [6.07, 6.45) is 1.79. The van der Waals surface area contributed by atoms with Crippen molar-refractivity contribution in [2.45, 2.75) is 37.1 Å². The second-order valence-corrected chi connectivity index (χ2v) is 10.5. The molecule has 0 spiro atoms. The lowest BCUT2D eigenvalue weighted by atomic mass is 10.1. The number of carbonyl (C=O) groups is 2. The summed E-state index contributed by atoms with van der Waals surface area (Å²) in [5.74, 6) is -0.515. The van der Waals surface area contributed by atoms with E-state index in [0.717, 1.165) is 18.5 Å². The predicted molar refractivity (Wildman–Crippen MR) is 137 cm³/mol. The van der Waals surface area contributed by atoms with Crippen molar-refractivity contribution in [1.82, 2.24) is 4.72 Å². The summed E-state index contributed by atoms with van der Waals surface area (Å²) in [5.41, 5.74) is 2.25. The lowest BCUT2D eigenvalue weighted by Gasteiger charge is -2.21. The van der Waals surface area contributed by atoms with Crippen LogP contribution in [-0.4, -0.2) is 32.8 Å². The Morgan fingerprint density at radius 1 is 1.00 bits per heavy atom. The van der Waals surface area contributed by atoms with Gasteiger partial charge in [-0.15, -0.1) is 0 Å². The highest BCUT2D eigenvalue weighted by Gasteiger charge is 2.28. The van der Waals surface area contributed by atoms with Gasteiger partial charge in [-0.3, -0.25) is 9.59 Å². The second kappa shape index (κ2) is 10.6. The molecular formula is C26H26ClN3O4S. The molecular weight excluding hydrogens is 486 g/mol. The Kier molecular flexibility index (Phi) is 7.54. The highest BCUT2D eigenvalue weighted by molar-refractivity contribution is 7.89. The lowest BCUT2D eigenvalue weighted by Crippen LogP contribution is -2.30. The average Bonchev–Trinajstić information content (AvgIpc) is 3.64. The fraction of sp³-hybridized carbons (Fsp3) is 0.231. The molecule has 0 saturated heterocycles. The molecule has 0 aromatic heterocycles. The highest BCUT2D eigenvalue weighted by Crippen LogP contribution is 2.25. The Hall–Kier alpha value is -3.20. The van der Waals surface area contributed by atoms with Gasteiger partial charge in [0.2, 0.25) is 15.9 Å². The number of benzene rings is 3. The predicted octanol–water partition coefficient (Wildman–Crippen LogP) is 4.63. The summed E-state index contributed by atoms with van der Waals surface area (Å²) >= 11 is 6.40. The van der Waals surface area contributed by atoms with Gasteiger partial charge < -0.3 is 10.2 Å². The van der Waals surface area contributed by atoms with E-state index in [4.69, 9.17) is 11.6 Å². The molecule has 1 fully saturated rings. The number of nitrogens with one attached hydrogen (secondary N) is 2. The fourth-order valence-electron chi connectivity index (χ4n) is 3.63. The zero-order valence-corrected chi connectivity index (χ0v) is 20.8. The third kappa shape index (κ3) is 6.28. The van der Waals surface area contributed by atoms with Gasteiger partial charge >= 0.3 is 0 Å². The van der Waals surface area contributed by atoms with E-state index < -0.39 is 10.0 Å².